The van der Waals surface area contributed by atoms with E-state index in [1.165, 1.54) is 35.1 Å². The molecular weight excluding hydrogens is 486 g/mol. The molecule has 0 bridgehead atoms. The number of nitrogens with one attached hydrogen (secondary N) is 1. The number of thioether (sulfide) groups is 1. The topological polar surface area (TPSA) is 106 Å². The summed E-state index contributed by atoms with van der Waals surface area (Å²) in [5, 5.41) is 2.78. The molecule has 5 rings (SSSR count). The molecule has 35 heavy (non-hydrogen) atoms. The first-order valence-corrected chi connectivity index (χ1v) is 12.2. The molecule has 0 aliphatic carbocycles. The number of imide groups is 1. The Morgan fingerprint density at radius 3 is 2.34 bits per heavy atom. The van der Waals surface area contributed by atoms with E-state index in [1.807, 2.05) is 0 Å². The monoisotopic (exact) mass is 503 g/mol. The molecule has 0 unspecified atom stereocenters. The smallest absolute Gasteiger partial charge is 0.337 e. The Morgan fingerprint density at radius 1 is 1.00 bits per heavy atom. The van der Waals surface area contributed by atoms with Gasteiger partial charge in [0.1, 0.15) is 0 Å². The zero-order valence-electron chi connectivity index (χ0n) is 18.3. The summed E-state index contributed by atoms with van der Waals surface area (Å²) in [6.07, 6.45) is 0. The number of nitrogens with zero attached hydrogens (tertiary/aromatic N) is 2. The first kappa shape index (κ1) is 22.8. The number of carbonyl (C=O) groups is 4. The van der Waals surface area contributed by atoms with Crippen LogP contribution in [0.2, 0.25) is 0 Å². The minimum absolute atomic E-state index is 0.143. The highest BCUT2D eigenvalue weighted by atomic mass is 32.2. The molecule has 8 nitrogen and oxygen atoms in total. The molecule has 1 aromatic heterocycles. The molecule has 0 saturated heterocycles. The van der Waals surface area contributed by atoms with Gasteiger partial charge in [0.2, 0.25) is 5.91 Å². The maximum atomic E-state index is 12.8. The molecule has 174 valence electrons. The van der Waals surface area contributed by atoms with Gasteiger partial charge in [0, 0.05) is 5.69 Å². The van der Waals surface area contributed by atoms with Gasteiger partial charge in [0.25, 0.3) is 11.8 Å². The average molecular weight is 504 g/mol. The van der Waals surface area contributed by atoms with E-state index in [1.54, 1.807) is 66.7 Å². The number of anilines is 2. The number of carbonyl (C=O) groups excluding carboxylic acids is 4. The molecule has 2 heterocycles. The van der Waals surface area contributed by atoms with E-state index < -0.39 is 5.97 Å². The molecule has 10 heteroatoms. The number of hydrogen-bond donors (Lipinski definition) is 1. The van der Waals surface area contributed by atoms with Gasteiger partial charge in [-0.3, -0.25) is 14.4 Å². The van der Waals surface area contributed by atoms with Gasteiger partial charge in [0.05, 0.1) is 45.5 Å². The third-order valence-corrected chi connectivity index (χ3v) is 7.48. The van der Waals surface area contributed by atoms with Crippen LogP contribution in [0, 0.1) is 0 Å². The van der Waals surface area contributed by atoms with E-state index in [9.17, 15) is 19.2 Å². The molecule has 1 aliphatic heterocycles. The predicted molar refractivity (Wildman–Crippen MR) is 134 cm³/mol. The number of hydrogen-bond acceptors (Lipinski definition) is 8. The Kier molecular flexibility index (Phi) is 6.06. The lowest BCUT2D eigenvalue weighted by Crippen LogP contribution is -2.29. The number of rotatable bonds is 6. The fourth-order valence-corrected chi connectivity index (χ4v) is 5.55. The van der Waals surface area contributed by atoms with Gasteiger partial charge >= 0.3 is 5.97 Å². The number of benzene rings is 3. The summed E-state index contributed by atoms with van der Waals surface area (Å²) in [7, 11) is 1.31. The molecule has 1 aliphatic rings. The number of amides is 3. The lowest BCUT2D eigenvalue weighted by molar-refractivity contribution is -0.113. The normalized spacial score (nSPS) is 12.7. The highest BCUT2D eigenvalue weighted by molar-refractivity contribution is 8.01. The van der Waals surface area contributed by atoms with Crippen molar-refractivity contribution < 1.29 is 23.9 Å². The second-order valence-corrected chi connectivity index (χ2v) is 9.78. The molecule has 3 amide bonds. The second kappa shape index (κ2) is 9.32. The highest BCUT2D eigenvalue weighted by Crippen LogP contribution is 2.35. The Balaban J connectivity index is 1.25. The van der Waals surface area contributed by atoms with Crippen LogP contribution in [0.3, 0.4) is 0 Å². The molecular formula is C25H17N3O5S2. The van der Waals surface area contributed by atoms with E-state index in [4.69, 9.17) is 0 Å². The quantitative estimate of drug-likeness (QED) is 0.233. The van der Waals surface area contributed by atoms with Crippen molar-refractivity contribution in [3.05, 3.63) is 83.4 Å². The van der Waals surface area contributed by atoms with Gasteiger partial charge in [-0.25, -0.2) is 14.7 Å². The minimum atomic E-state index is -0.444. The molecule has 0 atom stereocenters. The summed E-state index contributed by atoms with van der Waals surface area (Å²) < 4.78 is 6.16. The van der Waals surface area contributed by atoms with Crippen molar-refractivity contribution in [3.8, 4) is 0 Å². The van der Waals surface area contributed by atoms with Gasteiger partial charge < -0.3 is 10.1 Å². The van der Waals surface area contributed by atoms with Crippen LogP contribution in [0.4, 0.5) is 11.4 Å². The maximum Gasteiger partial charge on any atom is 0.337 e. The average Bonchev–Trinajstić information content (AvgIpc) is 3.40. The highest BCUT2D eigenvalue weighted by Gasteiger charge is 2.36. The number of aromatic nitrogens is 1. The van der Waals surface area contributed by atoms with Gasteiger partial charge in [-0.15, -0.1) is 11.3 Å². The van der Waals surface area contributed by atoms with Crippen LogP contribution in [-0.2, 0) is 9.53 Å². The van der Waals surface area contributed by atoms with Crippen LogP contribution in [0.15, 0.2) is 71.1 Å². The van der Waals surface area contributed by atoms with E-state index in [0.717, 1.165) is 10.2 Å². The Hall–Kier alpha value is -4.02. The summed E-state index contributed by atoms with van der Waals surface area (Å²) in [4.78, 5) is 55.1. The van der Waals surface area contributed by atoms with E-state index in [0.29, 0.717) is 32.4 Å². The molecule has 0 fully saturated rings. The van der Waals surface area contributed by atoms with Crippen LogP contribution in [0.25, 0.3) is 10.2 Å². The summed E-state index contributed by atoms with van der Waals surface area (Å²) in [5.74, 6) is -1.21. The summed E-state index contributed by atoms with van der Waals surface area (Å²) in [5.41, 5.74) is 2.95. The Bertz CT molecular complexity index is 1460. The van der Waals surface area contributed by atoms with Crippen LogP contribution < -0.4 is 10.2 Å². The van der Waals surface area contributed by atoms with Gasteiger partial charge in [-0.1, -0.05) is 23.9 Å². The molecule has 3 aromatic carbocycles. The van der Waals surface area contributed by atoms with Crippen molar-refractivity contribution in [1.29, 1.82) is 0 Å². The SMILES string of the molecule is COC(=O)c1ccc(NC(=O)CSc2nc3ccc(N4C(=O)c5ccccc5C4=O)cc3s2)cc1. The van der Waals surface area contributed by atoms with Crippen molar-refractivity contribution in [1.82, 2.24) is 4.98 Å². The van der Waals surface area contributed by atoms with Crippen LogP contribution in [0.5, 0.6) is 0 Å². The zero-order valence-corrected chi connectivity index (χ0v) is 19.9. The lowest BCUT2D eigenvalue weighted by atomic mass is 10.1. The third kappa shape index (κ3) is 4.41. The second-order valence-electron chi connectivity index (χ2n) is 7.53. The van der Waals surface area contributed by atoms with Crippen LogP contribution in [-0.4, -0.2) is 41.5 Å². The van der Waals surface area contributed by atoms with E-state index in [2.05, 4.69) is 15.0 Å². The first-order valence-electron chi connectivity index (χ1n) is 10.4. The lowest BCUT2D eigenvalue weighted by Gasteiger charge is -2.13. The molecule has 0 radical (unpaired) electrons. The summed E-state index contributed by atoms with van der Waals surface area (Å²) >= 11 is 2.67. The predicted octanol–water partition coefficient (Wildman–Crippen LogP) is 4.61. The van der Waals surface area contributed by atoms with E-state index in [-0.39, 0.29) is 23.5 Å². The third-order valence-electron chi connectivity index (χ3n) is 5.32. The number of esters is 1. The van der Waals surface area contributed by atoms with E-state index >= 15 is 0 Å². The fraction of sp³-hybridized carbons (Fsp3) is 0.0800. The zero-order chi connectivity index (χ0) is 24.5. The number of methoxy groups -OCH3 is 1. The Morgan fingerprint density at radius 2 is 1.69 bits per heavy atom. The van der Waals surface area contributed by atoms with Crippen molar-refractivity contribution in [2.24, 2.45) is 0 Å². The Labute approximate surface area is 207 Å². The number of fused-ring (bicyclic) bond motifs is 2. The maximum absolute atomic E-state index is 12.8. The molecule has 0 saturated carbocycles. The largest absolute Gasteiger partial charge is 0.465 e. The van der Waals surface area contributed by atoms with Crippen molar-refractivity contribution >= 4 is 68.4 Å². The molecule has 1 N–H and O–H groups in total. The van der Waals surface area contributed by atoms with Crippen LogP contribution >= 0.6 is 23.1 Å². The minimum Gasteiger partial charge on any atom is -0.465 e. The standard InChI is InChI=1S/C25H17N3O5S2/c1-33-24(32)14-6-8-15(9-7-14)26-21(29)13-34-25-27-19-11-10-16(12-20(19)35-25)28-22(30)17-4-2-3-5-18(17)23(28)31/h2-12H,13H2,1H3,(H,26,29). The van der Waals surface area contributed by atoms with Gasteiger partial charge in [-0.05, 0) is 54.6 Å². The number of ether oxygens (including phenoxy) is 1. The van der Waals surface area contributed by atoms with Crippen molar-refractivity contribution in [2.75, 3.05) is 23.1 Å². The van der Waals surface area contributed by atoms with Gasteiger partial charge in [0.15, 0.2) is 4.34 Å². The van der Waals surface area contributed by atoms with Crippen LogP contribution in [0.1, 0.15) is 31.1 Å². The summed E-state index contributed by atoms with van der Waals surface area (Å²) in [6.45, 7) is 0. The summed E-state index contributed by atoms with van der Waals surface area (Å²) in [6, 6.07) is 18.4. The van der Waals surface area contributed by atoms with Crippen molar-refractivity contribution in [2.45, 2.75) is 4.34 Å². The van der Waals surface area contributed by atoms with Crippen molar-refractivity contribution in [3.63, 3.8) is 0 Å². The number of thiazole rings is 1. The fourth-order valence-electron chi connectivity index (χ4n) is 3.65. The van der Waals surface area contributed by atoms with Gasteiger partial charge in [-0.2, -0.15) is 0 Å². The molecule has 4 aromatic rings. The first-order chi connectivity index (χ1) is 16.9. The molecule has 0 spiro atoms.